The molecule has 1 fully saturated rings. The molecule has 1 aromatic heterocycles. The molecule has 1 unspecified atom stereocenters. The van der Waals surface area contributed by atoms with E-state index in [0.29, 0.717) is 17.8 Å². The van der Waals surface area contributed by atoms with Gasteiger partial charge >= 0.3 is 0 Å². The first-order chi connectivity index (χ1) is 19.4. The summed E-state index contributed by atoms with van der Waals surface area (Å²) in [5.74, 6) is 0.699. The van der Waals surface area contributed by atoms with Crippen molar-refractivity contribution in [1.29, 1.82) is 0 Å². The molecule has 0 spiro atoms. The van der Waals surface area contributed by atoms with Gasteiger partial charge in [0.2, 0.25) is 5.95 Å². The Hall–Kier alpha value is -3.86. The molecule has 0 radical (unpaired) electrons. The second-order valence-corrected chi connectivity index (χ2v) is 10.8. The molecule has 4 rings (SSSR count). The summed E-state index contributed by atoms with van der Waals surface area (Å²) < 4.78 is 28.4. The van der Waals surface area contributed by atoms with Gasteiger partial charge in [0, 0.05) is 56.0 Å². The molecule has 10 heteroatoms. The average molecular weight is 562 g/mol. The number of hydrogen-bond donors (Lipinski definition) is 4. The van der Waals surface area contributed by atoms with Crippen molar-refractivity contribution < 1.29 is 8.60 Å². The van der Waals surface area contributed by atoms with Crippen molar-refractivity contribution in [3.8, 4) is 0 Å². The molecule has 1 aliphatic rings. The lowest BCUT2D eigenvalue weighted by molar-refractivity contribution is 0.304. The standard InChI is InChI=1S/C30H36FN7OS/c1-4-5-6-23(22(2)32-3)21-34-25-16-19-38(20-17-25)40(39)28-13-11-27(12-14-28)36-30-33-18-15-29(37-30)35-26-9-7-24(31)8-10-26/h4-15,18,25,32,34H,2,16-17,19-21H2,1,3H3,(H2,33,35,36,37)/b5-4-,23-6-. The van der Waals surface area contributed by atoms with Gasteiger partial charge in [0.15, 0.2) is 0 Å². The van der Waals surface area contributed by atoms with E-state index in [2.05, 4.69) is 43.9 Å². The molecule has 2 aromatic carbocycles. The van der Waals surface area contributed by atoms with Crippen LogP contribution < -0.4 is 21.3 Å². The van der Waals surface area contributed by atoms with Crippen LogP contribution in [0.25, 0.3) is 0 Å². The molecule has 0 amide bonds. The largest absolute Gasteiger partial charge is 0.388 e. The maximum Gasteiger partial charge on any atom is 0.229 e. The van der Waals surface area contributed by atoms with Crippen LogP contribution in [0.5, 0.6) is 0 Å². The quantitative estimate of drug-likeness (QED) is 0.220. The normalized spacial score (nSPS) is 15.6. The van der Waals surface area contributed by atoms with Crippen LogP contribution in [0.2, 0.25) is 0 Å². The van der Waals surface area contributed by atoms with E-state index < -0.39 is 11.0 Å². The van der Waals surface area contributed by atoms with Crippen molar-refractivity contribution >= 4 is 34.1 Å². The number of benzene rings is 2. The molecule has 0 aliphatic carbocycles. The van der Waals surface area contributed by atoms with Crippen LogP contribution >= 0.6 is 0 Å². The van der Waals surface area contributed by atoms with Crippen molar-refractivity contribution in [2.75, 3.05) is 37.3 Å². The number of hydrogen-bond acceptors (Lipinski definition) is 7. The molecule has 4 N–H and O–H groups in total. The molecule has 8 nitrogen and oxygen atoms in total. The second kappa shape index (κ2) is 14.5. The molecule has 1 aliphatic heterocycles. The number of aromatic nitrogens is 2. The number of halogens is 1. The zero-order chi connectivity index (χ0) is 28.3. The SMILES string of the molecule is C=C(NC)/C(=C\C=C/C)CNC1CCN(S(=O)c2ccc(Nc3nccc(Nc4ccc(F)cc4)n3)cc2)CC1. The highest BCUT2D eigenvalue weighted by Crippen LogP contribution is 2.22. The fraction of sp³-hybridized carbons (Fsp3) is 0.267. The van der Waals surface area contributed by atoms with Gasteiger partial charge in [-0.05, 0) is 79.9 Å². The summed E-state index contributed by atoms with van der Waals surface area (Å²) in [7, 11) is 0.650. The monoisotopic (exact) mass is 561 g/mol. The number of rotatable bonds is 12. The highest BCUT2D eigenvalue weighted by molar-refractivity contribution is 7.82. The van der Waals surface area contributed by atoms with Crippen LogP contribution in [0.1, 0.15) is 19.8 Å². The number of piperidine rings is 1. The minimum absolute atomic E-state index is 0.295. The van der Waals surface area contributed by atoms with E-state index >= 15 is 0 Å². The van der Waals surface area contributed by atoms with Crippen LogP contribution in [-0.4, -0.2) is 51.2 Å². The van der Waals surface area contributed by atoms with Crippen LogP contribution in [-0.2, 0) is 11.0 Å². The molecular weight excluding hydrogens is 525 g/mol. The number of allylic oxidation sites excluding steroid dienone is 3. The minimum Gasteiger partial charge on any atom is -0.388 e. The minimum atomic E-state index is -1.23. The third-order valence-corrected chi connectivity index (χ3v) is 8.04. The van der Waals surface area contributed by atoms with Gasteiger partial charge in [0.25, 0.3) is 0 Å². The summed E-state index contributed by atoms with van der Waals surface area (Å²) >= 11 is 0. The summed E-state index contributed by atoms with van der Waals surface area (Å²) in [4.78, 5) is 9.49. The molecule has 210 valence electrons. The Bertz CT molecular complexity index is 1350. The maximum absolute atomic E-state index is 13.2. The van der Waals surface area contributed by atoms with Crippen molar-refractivity contribution in [2.24, 2.45) is 0 Å². The van der Waals surface area contributed by atoms with E-state index in [4.69, 9.17) is 0 Å². The Balaban J connectivity index is 1.27. The first-order valence-electron chi connectivity index (χ1n) is 13.3. The Morgan fingerprint density at radius 2 is 1.75 bits per heavy atom. The van der Waals surface area contributed by atoms with E-state index in [0.717, 1.165) is 60.0 Å². The van der Waals surface area contributed by atoms with Gasteiger partial charge < -0.3 is 21.3 Å². The van der Waals surface area contributed by atoms with E-state index in [1.807, 2.05) is 54.7 Å². The van der Waals surface area contributed by atoms with Gasteiger partial charge in [-0.3, -0.25) is 0 Å². The Morgan fingerprint density at radius 1 is 1.07 bits per heavy atom. The lowest BCUT2D eigenvalue weighted by atomic mass is 10.1. The Morgan fingerprint density at radius 3 is 2.42 bits per heavy atom. The molecule has 40 heavy (non-hydrogen) atoms. The molecule has 3 aromatic rings. The molecule has 2 heterocycles. The predicted molar refractivity (Wildman–Crippen MR) is 162 cm³/mol. The molecular formula is C30H36FN7OS. The maximum atomic E-state index is 13.2. The van der Waals surface area contributed by atoms with Crippen molar-refractivity contribution in [3.05, 3.63) is 103 Å². The summed E-state index contributed by atoms with van der Waals surface area (Å²) in [5.41, 5.74) is 3.54. The molecule has 1 saturated heterocycles. The fourth-order valence-corrected chi connectivity index (χ4v) is 5.43. The first kappa shape index (κ1) is 29.1. The zero-order valence-corrected chi connectivity index (χ0v) is 23.7. The summed E-state index contributed by atoms with van der Waals surface area (Å²) in [6, 6.07) is 15.6. The van der Waals surface area contributed by atoms with Crippen LogP contribution in [0.4, 0.5) is 27.5 Å². The van der Waals surface area contributed by atoms with Gasteiger partial charge in [0.05, 0.1) is 4.90 Å². The van der Waals surface area contributed by atoms with Crippen LogP contribution in [0.3, 0.4) is 0 Å². The summed E-state index contributed by atoms with van der Waals surface area (Å²) in [6.07, 6.45) is 9.58. The number of nitrogens with one attached hydrogen (secondary N) is 4. The Kier molecular flexibility index (Phi) is 10.6. The van der Waals surface area contributed by atoms with E-state index in [-0.39, 0.29) is 5.82 Å². The third-order valence-electron chi connectivity index (χ3n) is 6.53. The fourth-order valence-electron chi connectivity index (χ4n) is 4.22. The van der Waals surface area contributed by atoms with Gasteiger partial charge in [-0.25, -0.2) is 17.9 Å². The van der Waals surface area contributed by atoms with Crippen molar-refractivity contribution in [1.82, 2.24) is 24.9 Å². The topological polar surface area (TPSA) is 94.2 Å². The Labute approximate surface area is 238 Å². The lowest BCUT2D eigenvalue weighted by Gasteiger charge is -2.31. The van der Waals surface area contributed by atoms with E-state index in [1.54, 1.807) is 24.4 Å². The number of anilines is 4. The second-order valence-electron chi connectivity index (χ2n) is 9.33. The van der Waals surface area contributed by atoms with Gasteiger partial charge in [-0.1, -0.05) is 24.8 Å². The number of nitrogens with zero attached hydrogens (tertiary/aromatic N) is 3. The molecule has 0 bridgehead atoms. The van der Waals surface area contributed by atoms with Crippen molar-refractivity contribution in [2.45, 2.75) is 30.7 Å². The first-order valence-corrected chi connectivity index (χ1v) is 14.4. The zero-order valence-electron chi connectivity index (χ0n) is 22.9. The smallest absolute Gasteiger partial charge is 0.229 e. The average Bonchev–Trinajstić information content (AvgIpc) is 2.98. The summed E-state index contributed by atoms with van der Waals surface area (Å²) in [6.45, 7) is 8.33. The predicted octanol–water partition coefficient (Wildman–Crippen LogP) is 5.42. The van der Waals surface area contributed by atoms with Crippen LogP contribution in [0, 0.1) is 5.82 Å². The molecule has 0 saturated carbocycles. The lowest BCUT2D eigenvalue weighted by Crippen LogP contribution is -2.43. The van der Waals surface area contributed by atoms with Crippen LogP contribution in [0.15, 0.2) is 102 Å². The number of likely N-dealkylation sites (N-methyl/N-ethyl adjacent to an activating group) is 1. The van der Waals surface area contributed by atoms with Gasteiger partial charge in [-0.15, -0.1) is 0 Å². The van der Waals surface area contributed by atoms with Gasteiger partial charge in [-0.2, -0.15) is 4.98 Å². The third kappa shape index (κ3) is 8.32. The highest BCUT2D eigenvalue weighted by Gasteiger charge is 2.23. The summed E-state index contributed by atoms with van der Waals surface area (Å²) in [5, 5.41) is 13.1. The van der Waals surface area contributed by atoms with Gasteiger partial charge in [0.1, 0.15) is 22.6 Å². The highest BCUT2D eigenvalue weighted by atomic mass is 32.2. The van der Waals surface area contributed by atoms with E-state index in [9.17, 15) is 8.60 Å². The van der Waals surface area contributed by atoms with E-state index in [1.165, 1.54) is 12.1 Å². The molecule has 1 atom stereocenters. The van der Waals surface area contributed by atoms with Crippen molar-refractivity contribution in [3.63, 3.8) is 0 Å².